The summed E-state index contributed by atoms with van der Waals surface area (Å²) in [5.74, 6) is 0. The smallest absolute Gasteiger partial charge is 0.0390 e. The van der Waals surface area contributed by atoms with Crippen LogP contribution in [0.4, 0.5) is 17.1 Å². The van der Waals surface area contributed by atoms with Crippen LogP contribution in [0.3, 0.4) is 0 Å². The lowest BCUT2D eigenvalue weighted by Crippen LogP contribution is -1.89. The maximum atomic E-state index is 5.62. The molecule has 0 saturated heterocycles. The molecule has 0 aliphatic rings. The number of anilines is 3. The van der Waals surface area contributed by atoms with E-state index in [2.05, 4.69) is 107 Å². The van der Waals surface area contributed by atoms with Gasteiger partial charge in [0.1, 0.15) is 0 Å². The molecule has 0 saturated carbocycles. The fraction of sp³-hybridized carbons (Fsp3) is 0. The normalized spacial score (nSPS) is 9.97. The van der Waals surface area contributed by atoms with Crippen LogP contribution >= 0.6 is 22.6 Å². The molecule has 3 N–H and O–H groups in total. The highest BCUT2D eigenvalue weighted by Crippen LogP contribution is 2.22. The molecule has 0 aliphatic carbocycles. The van der Waals surface area contributed by atoms with Gasteiger partial charge in [-0.3, -0.25) is 0 Å². The molecule has 0 aliphatic heterocycles. The van der Waals surface area contributed by atoms with Crippen LogP contribution in [0, 0.1) is 3.57 Å². The summed E-state index contributed by atoms with van der Waals surface area (Å²) in [4.78, 5) is 0. The van der Waals surface area contributed by atoms with Crippen LogP contribution in [0.1, 0.15) is 0 Å². The van der Waals surface area contributed by atoms with Gasteiger partial charge in [-0.15, -0.1) is 0 Å². The Bertz CT molecular complexity index is 1480. The van der Waals surface area contributed by atoms with Crippen LogP contribution in [0.25, 0.3) is 21.5 Å². The number of rotatable bonds is 2. The summed E-state index contributed by atoms with van der Waals surface area (Å²) in [5.41, 5.74) is 8.68. The van der Waals surface area contributed by atoms with Crippen LogP contribution in [0.5, 0.6) is 0 Å². The number of nitrogens with one attached hydrogen (secondary N) is 1. The maximum Gasteiger partial charge on any atom is 0.0390 e. The van der Waals surface area contributed by atoms with E-state index in [0.717, 1.165) is 17.1 Å². The third-order valence-electron chi connectivity index (χ3n) is 5.32. The number of hydrogen-bond donors (Lipinski definition) is 2. The molecule has 6 aromatic rings. The van der Waals surface area contributed by atoms with Gasteiger partial charge < -0.3 is 11.1 Å². The quantitative estimate of drug-likeness (QED) is 0.162. The van der Waals surface area contributed by atoms with Gasteiger partial charge in [-0.2, -0.15) is 0 Å². The fourth-order valence-electron chi connectivity index (χ4n) is 3.58. The van der Waals surface area contributed by atoms with Gasteiger partial charge in [-0.25, -0.2) is 0 Å². The number of hydrogen-bond acceptors (Lipinski definition) is 2. The molecular formula is C32H27IN2. The molecule has 0 aromatic heterocycles. The zero-order chi connectivity index (χ0) is 24.3. The molecule has 0 atom stereocenters. The molecule has 6 aromatic carbocycles. The third kappa shape index (κ3) is 7.59. The van der Waals surface area contributed by atoms with Crippen molar-refractivity contribution < 1.29 is 0 Å². The van der Waals surface area contributed by atoms with E-state index < -0.39 is 0 Å². The van der Waals surface area contributed by atoms with E-state index in [1.165, 1.54) is 25.1 Å². The molecule has 0 bridgehead atoms. The Morgan fingerprint density at radius 1 is 0.429 bits per heavy atom. The second-order valence-electron chi connectivity index (χ2n) is 7.96. The summed E-state index contributed by atoms with van der Waals surface area (Å²) in [6.45, 7) is 0. The Balaban J connectivity index is 0.000000137. The summed E-state index contributed by atoms with van der Waals surface area (Å²) in [5, 5.41) is 8.36. The van der Waals surface area contributed by atoms with Crippen molar-refractivity contribution in [2.24, 2.45) is 0 Å². The second-order valence-corrected chi connectivity index (χ2v) is 9.20. The molecular weight excluding hydrogens is 539 g/mol. The molecule has 35 heavy (non-hydrogen) atoms. The summed E-state index contributed by atoms with van der Waals surface area (Å²) in [6, 6.07) is 49.3. The Kier molecular flexibility index (Phi) is 8.74. The maximum absolute atomic E-state index is 5.62. The van der Waals surface area contributed by atoms with E-state index in [0.29, 0.717) is 0 Å². The van der Waals surface area contributed by atoms with Crippen molar-refractivity contribution in [1.29, 1.82) is 0 Å². The van der Waals surface area contributed by atoms with E-state index >= 15 is 0 Å². The monoisotopic (exact) mass is 566 g/mol. The average Bonchev–Trinajstić information content (AvgIpc) is 2.90. The highest BCUT2D eigenvalue weighted by molar-refractivity contribution is 14.1. The minimum absolute atomic E-state index is 0.823. The SMILES string of the molecule is Ic1ccccc1.Nc1ccc2ccccc2c1.c1ccc(Nc2ccc3ccccc3c2)cc1. The molecule has 0 radical (unpaired) electrons. The van der Waals surface area contributed by atoms with Crippen LogP contribution in [0.15, 0.2) is 146 Å². The van der Waals surface area contributed by atoms with Crippen LogP contribution in [-0.2, 0) is 0 Å². The molecule has 0 heterocycles. The summed E-state index contributed by atoms with van der Waals surface area (Å²) in [6.07, 6.45) is 0. The summed E-state index contributed by atoms with van der Waals surface area (Å²) < 4.78 is 1.29. The highest BCUT2D eigenvalue weighted by Gasteiger charge is 1.96. The van der Waals surface area contributed by atoms with Gasteiger partial charge in [0.05, 0.1) is 0 Å². The first-order valence-electron chi connectivity index (χ1n) is 11.4. The number of halogens is 1. The van der Waals surface area contributed by atoms with Crippen molar-refractivity contribution in [3.8, 4) is 0 Å². The lowest BCUT2D eigenvalue weighted by molar-refractivity contribution is 1.57. The lowest BCUT2D eigenvalue weighted by Gasteiger charge is -2.07. The summed E-state index contributed by atoms with van der Waals surface area (Å²) >= 11 is 2.28. The molecule has 0 amide bonds. The minimum Gasteiger partial charge on any atom is -0.399 e. The molecule has 0 spiro atoms. The predicted molar refractivity (Wildman–Crippen MR) is 161 cm³/mol. The third-order valence-corrected chi connectivity index (χ3v) is 6.04. The summed E-state index contributed by atoms with van der Waals surface area (Å²) in [7, 11) is 0. The van der Waals surface area contributed by atoms with Crippen molar-refractivity contribution in [2.75, 3.05) is 11.1 Å². The Labute approximate surface area is 220 Å². The first-order valence-corrected chi connectivity index (χ1v) is 12.5. The molecule has 0 fully saturated rings. The van der Waals surface area contributed by atoms with Crippen molar-refractivity contribution in [3.05, 3.63) is 149 Å². The van der Waals surface area contributed by atoms with Gasteiger partial charge in [-0.1, -0.05) is 97.1 Å². The Morgan fingerprint density at radius 3 is 1.49 bits per heavy atom. The first-order chi connectivity index (χ1) is 17.2. The first kappa shape index (κ1) is 24.3. The van der Waals surface area contributed by atoms with Gasteiger partial charge in [0, 0.05) is 20.6 Å². The topological polar surface area (TPSA) is 38.0 Å². The largest absolute Gasteiger partial charge is 0.399 e. The molecule has 2 nitrogen and oxygen atoms in total. The van der Waals surface area contributed by atoms with Crippen LogP contribution < -0.4 is 11.1 Å². The predicted octanol–water partition coefficient (Wildman–Crippen LogP) is 9.30. The standard InChI is InChI=1S/C16H13N.C10H9N.C6H5I/c1-2-8-15(9-3-1)17-16-11-10-13-6-4-5-7-14(13)12-16;11-10-6-5-8-3-1-2-4-9(8)7-10;7-6-4-2-1-3-5-6/h1-12,17H;1-7H,11H2;1-5H. The van der Waals surface area contributed by atoms with Gasteiger partial charge in [0.15, 0.2) is 0 Å². The highest BCUT2D eigenvalue weighted by atomic mass is 127. The number of fused-ring (bicyclic) bond motifs is 2. The lowest BCUT2D eigenvalue weighted by atomic mass is 10.1. The van der Waals surface area contributed by atoms with E-state index in [-0.39, 0.29) is 0 Å². The average molecular weight is 566 g/mol. The molecule has 6 rings (SSSR count). The van der Waals surface area contributed by atoms with E-state index in [4.69, 9.17) is 5.73 Å². The molecule has 3 heteroatoms. The van der Waals surface area contributed by atoms with Gasteiger partial charge >= 0.3 is 0 Å². The van der Waals surface area contributed by atoms with Crippen molar-refractivity contribution in [2.45, 2.75) is 0 Å². The van der Waals surface area contributed by atoms with Crippen LogP contribution in [0.2, 0.25) is 0 Å². The minimum atomic E-state index is 0.823. The van der Waals surface area contributed by atoms with Gasteiger partial charge in [0.2, 0.25) is 0 Å². The van der Waals surface area contributed by atoms with Gasteiger partial charge in [0.25, 0.3) is 0 Å². The Hall–Kier alpha value is -3.83. The second kappa shape index (κ2) is 12.6. The zero-order valence-electron chi connectivity index (χ0n) is 19.3. The van der Waals surface area contributed by atoms with Crippen molar-refractivity contribution in [3.63, 3.8) is 0 Å². The fourth-order valence-corrected chi connectivity index (χ4v) is 3.99. The van der Waals surface area contributed by atoms with Gasteiger partial charge in [-0.05, 0) is 92.7 Å². The number of nitrogen functional groups attached to an aromatic ring is 1. The van der Waals surface area contributed by atoms with Crippen molar-refractivity contribution in [1.82, 2.24) is 0 Å². The number of benzene rings is 6. The van der Waals surface area contributed by atoms with Crippen molar-refractivity contribution >= 4 is 61.2 Å². The number of nitrogens with two attached hydrogens (primary N) is 1. The Morgan fingerprint density at radius 2 is 0.914 bits per heavy atom. The van der Waals surface area contributed by atoms with E-state index in [1.807, 2.05) is 66.7 Å². The van der Waals surface area contributed by atoms with E-state index in [1.54, 1.807) is 0 Å². The van der Waals surface area contributed by atoms with E-state index in [9.17, 15) is 0 Å². The zero-order valence-corrected chi connectivity index (χ0v) is 21.5. The molecule has 172 valence electrons. The van der Waals surface area contributed by atoms with Crippen LogP contribution in [-0.4, -0.2) is 0 Å². The molecule has 0 unspecified atom stereocenters. The number of para-hydroxylation sites is 1.